The van der Waals surface area contributed by atoms with Gasteiger partial charge in [0.05, 0.1) is 23.9 Å². The number of ether oxygens (including phenoxy) is 1. The molecule has 0 aromatic carbocycles. The molecule has 0 aliphatic heterocycles. The predicted octanol–water partition coefficient (Wildman–Crippen LogP) is 3.36. The van der Waals surface area contributed by atoms with Crippen molar-refractivity contribution in [2.75, 3.05) is 12.0 Å². The molecule has 24 heavy (non-hydrogen) atoms. The summed E-state index contributed by atoms with van der Waals surface area (Å²) in [5.41, 5.74) is 5.98. The van der Waals surface area contributed by atoms with Crippen LogP contribution in [0, 0.1) is 0 Å². The first kappa shape index (κ1) is 16.4. The molecule has 1 aliphatic carbocycles. The van der Waals surface area contributed by atoms with Crippen LogP contribution in [0.2, 0.25) is 0 Å². The molecule has 0 atom stereocenters. The van der Waals surface area contributed by atoms with Gasteiger partial charge < -0.3 is 4.74 Å². The molecule has 0 radical (unpaired) electrons. The molecule has 1 saturated carbocycles. The zero-order valence-electron chi connectivity index (χ0n) is 14.2. The van der Waals surface area contributed by atoms with E-state index in [1.807, 2.05) is 6.92 Å². The van der Waals surface area contributed by atoms with Gasteiger partial charge in [0.15, 0.2) is 5.65 Å². The standard InChI is InChI=1S/C17H23N5O2/c1-3-22-16-13(11-19-22)15(14(10-18-16)17(23)24-4-2)21-20-12-8-6-5-7-9-12/h10-11H,3-9H2,1-2H3,(H,18,21). The lowest BCUT2D eigenvalue weighted by molar-refractivity contribution is 0.0527. The van der Waals surface area contributed by atoms with Gasteiger partial charge in [-0.05, 0) is 39.5 Å². The molecule has 2 aromatic rings. The highest BCUT2D eigenvalue weighted by atomic mass is 16.5. The summed E-state index contributed by atoms with van der Waals surface area (Å²) >= 11 is 0. The summed E-state index contributed by atoms with van der Waals surface area (Å²) in [6.07, 6.45) is 8.87. The molecule has 1 aliphatic rings. The highest BCUT2D eigenvalue weighted by Crippen LogP contribution is 2.27. The maximum atomic E-state index is 12.3. The second kappa shape index (κ2) is 7.42. The average molecular weight is 329 g/mol. The Morgan fingerprint density at radius 3 is 2.79 bits per heavy atom. The number of carbonyl (C=O) groups is 1. The molecule has 128 valence electrons. The van der Waals surface area contributed by atoms with Crippen LogP contribution in [0.3, 0.4) is 0 Å². The van der Waals surface area contributed by atoms with Crippen LogP contribution < -0.4 is 5.43 Å². The van der Waals surface area contributed by atoms with E-state index in [1.165, 1.54) is 25.5 Å². The van der Waals surface area contributed by atoms with E-state index >= 15 is 0 Å². The van der Waals surface area contributed by atoms with Gasteiger partial charge in [0.1, 0.15) is 5.56 Å². The third-order valence-electron chi connectivity index (χ3n) is 4.22. The largest absolute Gasteiger partial charge is 0.462 e. The van der Waals surface area contributed by atoms with E-state index in [0.29, 0.717) is 24.4 Å². The number of fused-ring (bicyclic) bond motifs is 1. The van der Waals surface area contributed by atoms with E-state index in [1.54, 1.807) is 17.8 Å². The van der Waals surface area contributed by atoms with Crippen molar-refractivity contribution >= 4 is 28.4 Å². The Balaban J connectivity index is 2.01. The van der Waals surface area contributed by atoms with Gasteiger partial charge in [-0.1, -0.05) is 6.42 Å². The van der Waals surface area contributed by atoms with E-state index in [2.05, 4.69) is 20.6 Å². The van der Waals surface area contributed by atoms with E-state index in [-0.39, 0.29) is 0 Å². The first-order valence-electron chi connectivity index (χ1n) is 8.57. The van der Waals surface area contributed by atoms with Crippen molar-refractivity contribution < 1.29 is 9.53 Å². The second-order valence-electron chi connectivity index (χ2n) is 5.82. The molecule has 2 aromatic heterocycles. The quantitative estimate of drug-likeness (QED) is 0.672. The summed E-state index contributed by atoms with van der Waals surface area (Å²) in [5, 5.41) is 9.65. The fraction of sp³-hybridized carbons (Fsp3) is 0.529. The number of pyridine rings is 1. The number of nitrogens with one attached hydrogen (secondary N) is 1. The predicted molar refractivity (Wildman–Crippen MR) is 93.3 cm³/mol. The van der Waals surface area contributed by atoms with Gasteiger partial charge in [0, 0.05) is 18.5 Å². The summed E-state index contributed by atoms with van der Waals surface area (Å²) in [7, 11) is 0. The van der Waals surface area contributed by atoms with Crippen molar-refractivity contribution in [3.05, 3.63) is 18.0 Å². The third kappa shape index (κ3) is 3.25. The zero-order valence-corrected chi connectivity index (χ0v) is 14.2. The van der Waals surface area contributed by atoms with E-state index < -0.39 is 5.97 Å². The minimum Gasteiger partial charge on any atom is -0.462 e. The Morgan fingerprint density at radius 1 is 1.29 bits per heavy atom. The zero-order chi connectivity index (χ0) is 16.9. The van der Waals surface area contributed by atoms with Crippen LogP contribution >= 0.6 is 0 Å². The van der Waals surface area contributed by atoms with Crippen molar-refractivity contribution in [1.82, 2.24) is 14.8 Å². The summed E-state index contributed by atoms with van der Waals surface area (Å²) in [6.45, 7) is 4.82. The highest BCUT2D eigenvalue weighted by molar-refractivity contribution is 6.04. The maximum absolute atomic E-state index is 12.3. The molecule has 7 nitrogen and oxygen atoms in total. The number of hydrazone groups is 1. The monoisotopic (exact) mass is 329 g/mol. The van der Waals surface area contributed by atoms with Crippen molar-refractivity contribution in [3.8, 4) is 0 Å². The van der Waals surface area contributed by atoms with E-state index in [4.69, 9.17) is 4.74 Å². The minimum atomic E-state index is -0.400. The van der Waals surface area contributed by atoms with Crippen molar-refractivity contribution in [2.24, 2.45) is 5.10 Å². The van der Waals surface area contributed by atoms with Crippen LogP contribution in [-0.2, 0) is 11.3 Å². The number of aromatic nitrogens is 3. The fourth-order valence-corrected chi connectivity index (χ4v) is 2.95. The van der Waals surface area contributed by atoms with Gasteiger partial charge in [-0.15, -0.1) is 0 Å². The second-order valence-corrected chi connectivity index (χ2v) is 5.82. The molecular weight excluding hydrogens is 306 g/mol. The van der Waals surface area contributed by atoms with Crippen LogP contribution in [0.25, 0.3) is 11.0 Å². The maximum Gasteiger partial charge on any atom is 0.341 e. The molecule has 0 bridgehead atoms. The van der Waals surface area contributed by atoms with Gasteiger partial charge in [-0.2, -0.15) is 10.2 Å². The molecule has 0 unspecified atom stereocenters. The van der Waals surface area contributed by atoms with E-state index in [9.17, 15) is 4.79 Å². The summed E-state index contributed by atoms with van der Waals surface area (Å²) in [6, 6.07) is 0. The minimum absolute atomic E-state index is 0.319. The molecular formula is C17H23N5O2. The number of anilines is 1. The average Bonchev–Trinajstić information content (AvgIpc) is 3.04. The van der Waals surface area contributed by atoms with Gasteiger partial charge in [0.25, 0.3) is 0 Å². The van der Waals surface area contributed by atoms with Crippen LogP contribution in [0.4, 0.5) is 5.69 Å². The van der Waals surface area contributed by atoms with Crippen LogP contribution in [0.1, 0.15) is 56.3 Å². The van der Waals surface area contributed by atoms with Crippen molar-refractivity contribution in [2.45, 2.75) is 52.5 Å². The lowest BCUT2D eigenvalue weighted by Crippen LogP contribution is -2.11. The number of aryl methyl sites for hydroxylation is 1. The number of hydrogen-bond acceptors (Lipinski definition) is 6. The third-order valence-corrected chi connectivity index (χ3v) is 4.22. The summed E-state index contributed by atoms with van der Waals surface area (Å²) in [5.74, 6) is -0.400. The Morgan fingerprint density at radius 2 is 2.08 bits per heavy atom. The molecule has 0 saturated heterocycles. The SMILES string of the molecule is CCOC(=O)c1cnc2c(cnn2CC)c1NN=C1CCCCC1. The Hall–Kier alpha value is -2.44. The van der Waals surface area contributed by atoms with Crippen molar-refractivity contribution in [1.29, 1.82) is 0 Å². The number of carbonyl (C=O) groups excluding carboxylic acids is 1. The molecule has 0 spiro atoms. The first-order chi connectivity index (χ1) is 11.7. The Bertz CT molecular complexity index is 758. The Labute approximate surface area is 141 Å². The molecule has 7 heteroatoms. The smallest absolute Gasteiger partial charge is 0.341 e. The molecule has 0 amide bonds. The number of esters is 1. The molecule has 1 fully saturated rings. The van der Waals surface area contributed by atoms with Gasteiger partial charge in [0.2, 0.25) is 0 Å². The van der Waals surface area contributed by atoms with Gasteiger partial charge >= 0.3 is 5.97 Å². The van der Waals surface area contributed by atoms with Gasteiger partial charge in [-0.25, -0.2) is 14.5 Å². The lowest BCUT2D eigenvalue weighted by atomic mass is 9.99. The van der Waals surface area contributed by atoms with Crippen molar-refractivity contribution in [3.63, 3.8) is 0 Å². The van der Waals surface area contributed by atoms with Crippen LogP contribution in [0.5, 0.6) is 0 Å². The lowest BCUT2D eigenvalue weighted by Gasteiger charge is -2.14. The van der Waals surface area contributed by atoms with Gasteiger partial charge in [-0.3, -0.25) is 5.43 Å². The number of nitrogens with zero attached hydrogens (tertiary/aromatic N) is 4. The fourth-order valence-electron chi connectivity index (χ4n) is 2.95. The molecule has 1 N–H and O–H groups in total. The topological polar surface area (TPSA) is 81.4 Å². The summed E-state index contributed by atoms with van der Waals surface area (Å²) in [4.78, 5) is 16.6. The summed E-state index contributed by atoms with van der Waals surface area (Å²) < 4.78 is 6.94. The number of hydrogen-bond donors (Lipinski definition) is 1. The van der Waals surface area contributed by atoms with Crippen LogP contribution in [-0.4, -0.2) is 33.1 Å². The van der Waals surface area contributed by atoms with E-state index in [0.717, 1.165) is 29.6 Å². The first-order valence-corrected chi connectivity index (χ1v) is 8.57. The highest BCUT2D eigenvalue weighted by Gasteiger charge is 2.19. The molecule has 2 heterocycles. The Kier molecular flexibility index (Phi) is 5.08. The normalized spacial score (nSPS) is 14.7. The van der Waals surface area contributed by atoms with Crippen LogP contribution in [0.15, 0.2) is 17.5 Å². The molecule has 3 rings (SSSR count). The number of rotatable bonds is 5.